The molecule has 3 heterocycles. The number of carboxylic acids is 1. The van der Waals surface area contributed by atoms with Crippen molar-refractivity contribution in [2.24, 2.45) is 17.8 Å². The van der Waals surface area contributed by atoms with E-state index in [1.165, 1.54) is 12.8 Å². The molecule has 2 N–H and O–H groups in total. The Labute approximate surface area is 224 Å². The summed E-state index contributed by atoms with van der Waals surface area (Å²) in [6.07, 6.45) is 5.86. The molecule has 1 aromatic heterocycles. The Balaban J connectivity index is 1.17. The van der Waals surface area contributed by atoms with Gasteiger partial charge < -0.3 is 20.2 Å². The summed E-state index contributed by atoms with van der Waals surface area (Å²) in [7, 11) is 0. The second-order valence-electron chi connectivity index (χ2n) is 10.1. The quantitative estimate of drug-likeness (QED) is 0.431. The standard InChI is InChI=1S/C25H30BrCl2N5O2/c1-14(20-5-4-18(27)9-22(20)28)30-23-21(26)10-29-25(31-23)33-12-17(13-33)15-3-2-6-32(11-15)19-7-16(8-19)24(34)35/h4-5,9-10,14-17,19H,2-3,6-8,11-13H2,1H3,(H,34,35)(H,29,30,31)/t14-,15+,16-,19+/m1/s1. The highest BCUT2D eigenvalue weighted by Crippen LogP contribution is 2.38. The van der Waals surface area contributed by atoms with Gasteiger partial charge in [0.1, 0.15) is 5.82 Å². The van der Waals surface area contributed by atoms with Gasteiger partial charge in [0.05, 0.1) is 16.4 Å². The minimum absolute atomic E-state index is 0.0524. The highest BCUT2D eigenvalue weighted by Gasteiger charge is 2.42. The van der Waals surface area contributed by atoms with Gasteiger partial charge in [-0.1, -0.05) is 29.3 Å². The van der Waals surface area contributed by atoms with Gasteiger partial charge in [-0.2, -0.15) is 4.98 Å². The van der Waals surface area contributed by atoms with Crippen molar-refractivity contribution in [3.05, 3.63) is 44.5 Å². The van der Waals surface area contributed by atoms with Gasteiger partial charge in [-0.3, -0.25) is 4.79 Å². The fourth-order valence-corrected chi connectivity index (χ4v) is 6.44. The van der Waals surface area contributed by atoms with E-state index in [9.17, 15) is 9.90 Å². The second-order valence-corrected chi connectivity index (χ2v) is 11.8. The van der Waals surface area contributed by atoms with Crippen molar-refractivity contribution in [2.75, 3.05) is 36.4 Å². The number of aromatic nitrogens is 2. The van der Waals surface area contributed by atoms with E-state index >= 15 is 0 Å². The lowest BCUT2D eigenvalue weighted by Crippen LogP contribution is -2.56. The molecular weight excluding hydrogens is 553 g/mol. The molecule has 2 atom stereocenters. The number of anilines is 2. The molecule has 0 unspecified atom stereocenters. The van der Waals surface area contributed by atoms with Crippen LogP contribution in [-0.4, -0.2) is 58.2 Å². The van der Waals surface area contributed by atoms with Crippen LogP contribution < -0.4 is 10.2 Å². The Morgan fingerprint density at radius 3 is 2.71 bits per heavy atom. The van der Waals surface area contributed by atoms with Crippen LogP contribution in [-0.2, 0) is 4.79 Å². The first-order valence-corrected chi connectivity index (χ1v) is 13.8. The molecule has 0 bridgehead atoms. The summed E-state index contributed by atoms with van der Waals surface area (Å²) < 4.78 is 0.804. The number of piperidine rings is 1. The van der Waals surface area contributed by atoms with Crippen molar-refractivity contribution >= 4 is 56.9 Å². The van der Waals surface area contributed by atoms with Crippen LogP contribution in [0.4, 0.5) is 11.8 Å². The van der Waals surface area contributed by atoms with E-state index in [1.54, 1.807) is 12.3 Å². The summed E-state index contributed by atoms with van der Waals surface area (Å²) in [6.45, 7) is 6.15. The molecule has 1 saturated carbocycles. The summed E-state index contributed by atoms with van der Waals surface area (Å²) in [5.74, 6) is 1.97. The highest BCUT2D eigenvalue weighted by atomic mass is 79.9. The zero-order valence-corrected chi connectivity index (χ0v) is 22.7. The van der Waals surface area contributed by atoms with Crippen LogP contribution in [0.1, 0.15) is 44.2 Å². The number of aliphatic carboxylic acids is 1. The van der Waals surface area contributed by atoms with Crippen molar-refractivity contribution in [2.45, 2.75) is 44.7 Å². The van der Waals surface area contributed by atoms with Crippen molar-refractivity contribution in [3.63, 3.8) is 0 Å². The molecular formula is C25H30BrCl2N5O2. The lowest BCUT2D eigenvalue weighted by Gasteiger charge is -2.50. The van der Waals surface area contributed by atoms with Crippen LogP contribution in [0.3, 0.4) is 0 Å². The number of halogens is 3. The first-order chi connectivity index (χ1) is 16.8. The lowest BCUT2D eigenvalue weighted by atomic mass is 9.76. The number of nitrogens with one attached hydrogen (secondary N) is 1. The van der Waals surface area contributed by atoms with Gasteiger partial charge in [0.25, 0.3) is 0 Å². The van der Waals surface area contributed by atoms with E-state index < -0.39 is 5.97 Å². The van der Waals surface area contributed by atoms with Crippen molar-refractivity contribution < 1.29 is 9.90 Å². The lowest BCUT2D eigenvalue weighted by molar-refractivity contribution is -0.147. The first-order valence-electron chi connectivity index (χ1n) is 12.2. The summed E-state index contributed by atoms with van der Waals surface area (Å²) in [5.41, 5.74) is 0.954. The topological polar surface area (TPSA) is 81.6 Å². The molecule has 2 aliphatic heterocycles. The number of rotatable bonds is 7. The largest absolute Gasteiger partial charge is 0.481 e. The molecule has 2 saturated heterocycles. The molecule has 5 rings (SSSR count). The van der Waals surface area contributed by atoms with Gasteiger partial charge in [-0.15, -0.1) is 0 Å². The predicted octanol–water partition coefficient (Wildman–Crippen LogP) is 5.73. The maximum atomic E-state index is 11.2. The number of carboxylic acid groups (broad SMARTS) is 1. The Kier molecular flexibility index (Phi) is 7.45. The summed E-state index contributed by atoms with van der Waals surface area (Å²) >= 11 is 16.0. The molecule has 2 aromatic rings. The Bertz CT molecular complexity index is 1090. The third-order valence-electron chi connectivity index (χ3n) is 7.84. The van der Waals surface area contributed by atoms with E-state index in [-0.39, 0.29) is 12.0 Å². The van der Waals surface area contributed by atoms with E-state index in [2.05, 4.69) is 36.0 Å². The van der Waals surface area contributed by atoms with Crippen LogP contribution in [0, 0.1) is 17.8 Å². The third-order valence-corrected chi connectivity index (χ3v) is 8.98. The van der Waals surface area contributed by atoms with E-state index in [4.69, 9.17) is 28.2 Å². The van der Waals surface area contributed by atoms with Crippen LogP contribution in [0.2, 0.25) is 10.0 Å². The summed E-state index contributed by atoms with van der Waals surface area (Å²) in [4.78, 5) is 25.3. The molecule has 3 aliphatic rings. The smallest absolute Gasteiger partial charge is 0.306 e. The molecule has 3 fully saturated rings. The number of carbonyl (C=O) groups is 1. The van der Waals surface area contributed by atoms with Gasteiger partial charge in [-0.05, 0) is 84.6 Å². The molecule has 35 heavy (non-hydrogen) atoms. The normalized spacial score (nSPS) is 26.1. The van der Waals surface area contributed by atoms with Gasteiger partial charge in [0.2, 0.25) is 5.95 Å². The molecule has 10 heteroatoms. The average Bonchev–Trinajstić information content (AvgIpc) is 2.74. The predicted molar refractivity (Wildman–Crippen MR) is 142 cm³/mol. The third kappa shape index (κ3) is 5.41. The molecule has 0 spiro atoms. The van der Waals surface area contributed by atoms with Crippen LogP contribution in [0.15, 0.2) is 28.9 Å². The van der Waals surface area contributed by atoms with Crippen molar-refractivity contribution in [1.82, 2.24) is 14.9 Å². The Morgan fingerprint density at radius 1 is 1.23 bits per heavy atom. The van der Waals surface area contributed by atoms with Gasteiger partial charge in [0, 0.05) is 41.9 Å². The second kappa shape index (κ2) is 10.4. The van der Waals surface area contributed by atoms with E-state index in [1.807, 2.05) is 19.1 Å². The number of likely N-dealkylation sites (tertiary alicyclic amines) is 1. The van der Waals surface area contributed by atoms with Gasteiger partial charge >= 0.3 is 5.97 Å². The molecule has 1 aliphatic carbocycles. The zero-order valence-electron chi connectivity index (χ0n) is 19.6. The maximum Gasteiger partial charge on any atom is 0.306 e. The number of nitrogens with zero attached hydrogens (tertiary/aromatic N) is 4. The average molecular weight is 583 g/mol. The fourth-order valence-electron chi connectivity index (χ4n) is 5.57. The maximum absolute atomic E-state index is 11.2. The fraction of sp³-hybridized carbons (Fsp3) is 0.560. The highest BCUT2D eigenvalue weighted by molar-refractivity contribution is 9.10. The summed E-state index contributed by atoms with van der Waals surface area (Å²) in [5, 5.41) is 13.9. The van der Waals surface area contributed by atoms with E-state index in [0.29, 0.717) is 27.9 Å². The van der Waals surface area contributed by atoms with E-state index in [0.717, 1.165) is 60.8 Å². The molecule has 7 nitrogen and oxygen atoms in total. The monoisotopic (exact) mass is 581 g/mol. The Hall–Kier alpha value is -1.61. The molecule has 1 aromatic carbocycles. The molecule has 188 valence electrons. The van der Waals surface area contributed by atoms with Crippen LogP contribution in [0.5, 0.6) is 0 Å². The van der Waals surface area contributed by atoms with Crippen LogP contribution >= 0.6 is 39.1 Å². The van der Waals surface area contributed by atoms with Crippen molar-refractivity contribution in [1.29, 1.82) is 0 Å². The minimum atomic E-state index is -0.640. The van der Waals surface area contributed by atoms with Crippen molar-refractivity contribution in [3.8, 4) is 0 Å². The summed E-state index contributed by atoms with van der Waals surface area (Å²) in [6, 6.07) is 5.91. The molecule has 0 amide bonds. The van der Waals surface area contributed by atoms with Gasteiger partial charge in [-0.25, -0.2) is 4.98 Å². The SMILES string of the molecule is C[C@@H](Nc1nc(N2CC([C@H]3CCCN([C@H]4C[C@@H](C(=O)O)C4)C3)C2)ncc1Br)c1ccc(Cl)cc1Cl. The molecule has 0 radical (unpaired) electrons. The number of hydrogen-bond donors (Lipinski definition) is 2. The minimum Gasteiger partial charge on any atom is -0.481 e. The zero-order chi connectivity index (χ0) is 24.7. The number of benzene rings is 1. The Morgan fingerprint density at radius 2 is 2.00 bits per heavy atom. The van der Waals surface area contributed by atoms with Crippen LogP contribution in [0.25, 0.3) is 0 Å². The first kappa shape index (κ1) is 25.1. The number of hydrogen-bond acceptors (Lipinski definition) is 6. The van der Waals surface area contributed by atoms with Gasteiger partial charge in [0.15, 0.2) is 0 Å².